The number of benzene rings is 3. The van der Waals surface area contributed by atoms with Gasteiger partial charge in [0.25, 0.3) is 0 Å². The third kappa shape index (κ3) is 7.70. The first-order chi connectivity index (χ1) is 16.0. The number of ether oxygens (including phenoxy) is 2. The van der Waals surface area contributed by atoms with Gasteiger partial charge in [0.05, 0.1) is 6.61 Å². The van der Waals surface area contributed by atoms with Gasteiger partial charge in [-0.25, -0.2) is 4.79 Å². The molecule has 0 fully saturated rings. The maximum absolute atomic E-state index is 11.9. The van der Waals surface area contributed by atoms with Crippen molar-refractivity contribution in [1.82, 2.24) is 5.32 Å². The summed E-state index contributed by atoms with van der Waals surface area (Å²) < 4.78 is 11.5. The summed E-state index contributed by atoms with van der Waals surface area (Å²) in [5.41, 5.74) is 2.76. The predicted octanol–water partition coefficient (Wildman–Crippen LogP) is 4.63. The van der Waals surface area contributed by atoms with Crippen molar-refractivity contribution >= 4 is 12.0 Å². The zero-order valence-electron chi connectivity index (χ0n) is 18.6. The summed E-state index contributed by atoms with van der Waals surface area (Å²) in [4.78, 5) is 11.9. The number of nitrogens with one attached hydrogen (secondary N) is 1. The van der Waals surface area contributed by atoms with E-state index >= 15 is 0 Å². The summed E-state index contributed by atoms with van der Waals surface area (Å²) in [6.45, 7) is 1.10. The fourth-order valence-corrected chi connectivity index (χ4v) is 3.26. The molecule has 0 aromatic heterocycles. The second-order valence-electron chi connectivity index (χ2n) is 7.55. The monoisotopic (exact) mass is 447 g/mol. The minimum Gasteiger partial charge on any atom is -0.504 e. The lowest BCUT2D eigenvalue weighted by Gasteiger charge is -2.20. The Labute approximate surface area is 194 Å². The average molecular weight is 448 g/mol. The number of esters is 1. The molecule has 3 aromatic rings. The molecule has 1 unspecified atom stereocenters. The highest BCUT2D eigenvalue weighted by atomic mass is 16.5. The molecule has 1 atom stereocenters. The molecule has 0 saturated carbocycles. The van der Waals surface area contributed by atoms with Gasteiger partial charge in [0.15, 0.2) is 11.5 Å². The van der Waals surface area contributed by atoms with Crippen LogP contribution in [0.4, 0.5) is 0 Å². The van der Waals surface area contributed by atoms with Gasteiger partial charge in [0.2, 0.25) is 0 Å². The van der Waals surface area contributed by atoms with E-state index in [1.807, 2.05) is 49.5 Å². The highest BCUT2D eigenvalue weighted by Gasteiger charge is 2.13. The van der Waals surface area contributed by atoms with Crippen LogP contribution < -0.4 is 10.1 Å². The van der Waals surface area contributed by atoms with Crippen LogP contribution in [0.2, 0.25) is 0 Å². The van der Waals surface area contributed by atoms with Crippen molar-refractivity contribution in [2.24, 2.45) is 0 Å². The second-order valence-corrected chi connectivity index (χ2v) is 7.55. The number of carbonyl (C=O) groups is 1. The maximum atomic E-state index is 11.9. The summed E-state index contributed by atoms with van der Waals surface area (Å²) in [7, 11) is 1.93. The lowest BCUT2D eigenvalue weighted by atomic mass is 10.1. The van der Waals surface area contributed by atoms with Crippen LogP contribution in [-0.2, 0) is 16.0 Å². The van der Waals surface area contributed by atoms with E-state index in [2.05, 4.69) is 17.4 Å². The molecule has 33 heavy (non-hydrogen) atoms. The smallest absolute Gasteiger partial charge is 0.330 e. The summed E-state index contributed by atoms with van der Waals surface area (Å²) in [6, 6.07) is 22.3. The highest BCUT2D eigenvalue weighted by Crippen LogP contribution is 2.26. The Morgan fingerprint density at radius 3 is 2.45 bits per heavy atom. The summed E-state index contributed by atoms with van der Waals surface area (Å²) >= 11 is 0. The van der Waals surface area contributed by atoms with E-state index in [0.29, 0.717) is 12.0 Å². The number of carbonyl (C=O) groups excluding carboxylic acids is 1. The number of hydrogen-bond acceptors (Lipinski definition) is 6. The first-order valence-corrected chi connectivity index (χ1v) is 10.9. The Balaban J connectivity index is 1.48. The Morgan fingerprint density at radius 1 is 1.00 bits per heavy atom. The van der Waals surface area contributed by atoms with E-state index in [9.17, 15) is 15.0 Å². The quantitative estimate of drug-likeness (QED) is 0.226. The molecule has 6 heteroatoms. The average Bonchev–Trinajstić information content (AvgIpc) is 2.84. The van der Waals surface area contributed by atoms with E-state index in [-0.39, 0.29) is 24.2 Å². The molecule has 6 nitrogen and oxygen atoms in total. The van der Waals surface area contributed by atoms with Crippen LogP contribution in [0.15, 0.2) is 78.9 Å². The molecule has 3 rings (SSSR count). The van der Waals surface area contributed by atoms with Crippen molar-refractivity contribution in [2.45, 2.75) is 18.9 Å². The van der Waals surface area contributed by atoms with Crippen molar-refractivity contribution in [3.8, 4) is 17.2 Å². The minimum atomic E-state index is -0.474. The molecule has 3 N–H and O–H groups in total. The van der Waals surface area contributed by atoms with Gasteiger partial charge in [0, 0.05) is 18.9 Å². The van der Waals surface area contributed by atoms with Crippen LogP contribution in [0.3, 0.4) is 0 Å². The predicted molar refractivity (Wildman–Crippen MR) is 128 cm³/mol. The van der Waals surface area contributed by atoms with Crippen molar-refractivity contribution in [2.75, 3.05) is 20.2 Å². The molecule has 0 radical (unpaired) electrons. The van der Waals surface area contributed by atoms with E-state index in [1.54, 1.807) is 6.07 Å². The van der Waals surface area contributed by atoms with Gasteiger partial charge in [0.1, 0.15) is 11.9 Å². The summed E-state index contributed by atoms with van der Waals surface area (Å²) in [5, 5.41) is 22.0. The third-order valence-electron chi connectivity index (χ3n) is 5.08. The van der Waals surface area contributed by atoms with Gasteiger partial charge >= 0.3 is 5.97 Å². The molecule has 0 saturated heterocycles. The van der Waals surface area contributed by atoms with Gasteiger partial charge in [-0.2, -0.15) is 0 Å². The standard InChI is InChI=1S/C27H29NO5/c1-28-17-15-26(22-5-3-2-4-6-22)33-23-11-7-20(8-12-23)16-18-32-27(31)14-10-21-9-13-24(29)25(30)19-21/h2-14,19,26,28-30H,15-18H2,1H3. The van der Waals surface area contributed by atoms with E-state index in [4.69, 9.17) is 9.47 Å². The van der Waals surface area contributed by atoms with Crippen LogP contribution >= 0.6 is 0 Å². The Morgan fingerprint density at radius 2 is 1.76 bits per heavy atom. The molecule has 0 bridgehead atoms. The number of aromatic hydroxyl groups is 2. The van der Waals surface area contributed by atoms with E-state index in [1.165, 1.54) is 24.3 Å². The number of phenolic OH excluding ortho intramolecular Hbond substituents is 2. The molecular weight excluding hydrogens is 418 g/mol. The third-order valence-corrected chi connectivity index (χ3v) is 5.08. The van der Waals surface area contributed by atoms with Crippen LogP contribution in [-0.4, -0.2) is 36.4 Å². The fourth-order valence-electron chi connectivity index (χ4n) is 3.26. The Bertz CT molecular complexity index is 1050. The lowest BCUT2D eigenvalue weighted by Crippen LogP contribution is -2.16. The molecule has 0 heterocycles. The number of phenols is 2. The SMILES string of the molecule is CNCCC(Oc1ccc(CCOC(=O)C=Cc2ccc(O)c(O)c2)cc1)c1ccccc1. The first-order valence-electron chi connectivity index (χ1n) is 10.9. The minimum absolute atomic E-state index is 0.0345. The maximum Gasteiger partial charge on any atom is 0.330 e. The molecule has 0 aliphatic carbocycles. The van der Waals surface area contributed by atoms with Crippen LogP contribution in [0, 0.1) is 0 Å². The van der Waals surface area contributed by atoms with Crippen molar-refractivity contribution in [3.63, 3.8) is 0 Å². The van der Waals surface area contributed by atoms with Gasteiger partial charge in [-0.3, -0.25) is 0 Å². The Kier molecular flexibility index (Phi) is 8.91. The largest absolute Gasteiger partial charge is 0.504 e. The van der Waals surface area contributed by atoms with E-state index in [0.717, 1.165) is 29.8 Å². The summed E-state index contributed by atoms with van der Waals surface area (Å²) in [6.07, 6.45) is 4.22. The molecule has 3 aromatic carbocycles. The van der Waals surface area contributed by atoms with E-state index < -0.39 is 5.97 Å². The topological polar surface area (TPSA) is 88.0 Å². The molecule has 0 aliphatic heterocycles. The summed E-state index contributed by atoms with van der Waals surface area (Å²) in [5.74, 6) is -0.131. The normalized spacial score (nSPS) is 11.9. The van der Waals surface area contributed by atoms with Gasteiger partial charge in [-0.15, -0.1) is 0 Å². The molecule has 0 aliphatic rings. The van der Waals surface area contributed by atoms with Crippen molar-refractivity contribution in [1.29, 1.82) is 0 Å². The van der Waals surface area contributed by atoms with Crippen LogP contribution in [0.1, 0.15) is 29.2 Å². The molecule has 0 amide bonds. The zero-order valence-corrected chi connectivity index (χ0v) is 18.6. The number of hydrogen-bond donors (Lipinski definition) is 3. The molecule has 172 valence electrons. The van der Waals surface area contributed by atoms with Crippen LogP contribution in [0.5, 0.6) is 17.2 Å². The molecule has 0 spiro atoms. The number of rotatable bonds is 11. The Hall–Kier alpha value is -3.77. The van der Waals surface area contributed by atoms with Crippen LogP contribution in [0.25, 0.3) is 6.08 Å². The van der Waals surface area contributed by atoms with Gasteiger partial charge in [-0.05, 0) is 60.6 Å². The highest BCUT2D eigenvalue weighted by molar-refractivity contribution is 5.87. The van der Waals surface area contributed by atoms with Crippen molar-refractivity contribution < 1.29 is 24.5 Å². The van der Waals surface area contributed by atoms with Gasteiger partial charge < -0.3 is 25.0 Å². The zero-order chi connectivity index (χ0) is 23.5. The molecular formula is C27H29NO5. The van der Waals surface area contributed by atoms with Crippen molar-refractivity contribution in [3.05, 3.63) is 95.6 Å². The lowest BCUT2D eigenvalue weighted by molar-refractivity contribution is -0.137. The first kappa shape index (κ1) is 23.9. The fraction of sp³-hybridized carbons (Fsp3) is 0.222. The van der Waals surface area contributed by atoms with Gasteiger partial charge in [-0.1, -0.05) is 48.5 Å². The second kappa shape index (κ2) is 12.3.